The third-order valence-electron chi connectivity index (χ3n) is 5.76. The predicted molar refractivity (Wildman–Crippen MR) is 91.8 cm³/mol. The Morgan fingerprint density at radius 1 is 1.10 bits per heavy atom. The number of nitrogens with one attached hydrogen (secondary N) is 1. The Balaban J connectivity index is 1.48. The zero-order valence-electron chi connectivity index (χ0n) is 11.9. The Bertz CT molecular complexity index is 673. The van der Waals surface area contributed by atoms with Crippen molar-refractivity contribution in [2.24, 2.45) is 17.8 Å². The van der Waals surface area contributed by atoms with E-state index in [0.717, 1.165) is 32.9 Å². The van der Waals surface area contributed by atoms with Crippen molar-refractivity contribution in [2.45, 2.75) is 44.1 Å². The fourth-order valence-corrected chi connectivity index (χ4v) is 6.98. The van der Waals surface area contributed by atoms with Gasteiger partial charge in [0.15, 0.2) is 5.13 Å². The topological polar surface area (TPSA) is 24.9 Å². The van der Waals surface area contributed by atoms with E-state index in [1.807, 2.05) is 11.3 Å². The molecule has 0 spiro atoms. The molecular weight excluding hydrogens is 344 g/mol. The highest BCUT2D eigenvalue weighted by Crippen LogP contribution is 2.56. The van der Waals surface area contributed by atoms with Crippen molar-refractivity contribution < 1.29 is 0 Å². The molecule has 6 rings (SSSR count). The number of thiazole rings is 1. The van der Waals surface area contributed by atoms with Crippen LogP contribution in [0.5, 0.6) is 0 Å². The van der Waals surface area contributed by atoms with E-state index in [9.17, 15) is 0 Å². The van der Waals surface area contributed by atoms with Crippen LogP contribution in [0.4, 0.5) is 5.13 Å². The molecule has 2 nitrogen and oxygen atoms in total. The Hall–Kier alpha value is -0.610. The summed E-state index contributed by atoms with van der Waals surface area (Å²) in [5.41, 5.74) is 1.48. The molecule has 0 saturated heterocycles. The highest BCUT2D eigenvalue weighted by atomic mass is 79.9. The van der Waals surface area contributed by atoms with E-state index in [4.69, 9.17) is 4.98 Å². The average molecular weight is 363 g/mol. The minimum Gasteiger partial charge on any atom is -0.356 e. The molecule has 4 heteroatoms. The number of anilines is 1. The van der Waals surface area contributed by atoms with E-state index >= 15 is 0 Å². The van der Waals surface area contributed by atoms with Crippen molar-refractivity contribution in [3.63, 3.8) is 0 Å². The standard InChI is InChI=1S/C17H19BrN2S/c18-13-1-2-14-15(6-13)21-16(19-14)20-17-7-10-3-11(8-17)5-12(4-10)9-17/h1-2,6,10-12H,3-5,7-9H2,(H,19,20). The van der Waals surface area contributed by atoms with Crippen LogP contribution in [0.2, 0.25) is 0 Å². The van der Waals surface area contributed by atoms with Crippen molar-refractivity contribution in [3.8, 4) is 0 Å². The second-order valence-corrected chi connectivity index (χ2v) is 9.40. The molecule has 21 heavy (non-hydrogen) atoms. The van der Waals surface area contributed by atoms with Crippen LogP contribution < -0.4 is 5.32 Å². The number of nitrogens with zero attached hydrogens (tertiary/aromatic N) is 1. The maximum Gasteiger partial charge on any atom is 0.184 e. The molecule has 1 N–H and O–H groups in total. The van der Waals surface area contributed by atoms with Gasteiger partial charge in [0.1, 0.15) is 0 Å². The first-order valence-electron chi connectivity index (χ1n) is 8.02. The Morgan fingerprint density at radius 3 is 2.43 bits per heavy atom. The molecule has 1 heterocycles. The van der Waals surface area contributed by atoms with Crippen LogP contribution in [0.25, 0.3) is 10.2 Å². The lowest BCUT2D eigenvalue weighted by atomic mass is 9.53. The minimum absolute atomic E-state index is 0.361. The summed E-state index contributed by atoms with van der Waals surface area (Å²) in [6, 6.07) is 6.37. The molecule has 4 bridgehead atoms. The Kier molecular flexibility index (Phi) is 2.73. The van der Waals surface area contributed by atoms with Gasteiger partial charge in [-0.25, -0.2) is 4.98 Å². The van der Waals surface area contributed by atoms with Crippen molar-refractivity contribution in [3.05, 3.63) is 22.7 Å². The van der Waals surface area contributed by atoms with E-state index in [0.29, 0.717) is 5.54 Å². The first-order chi connectivity index (χ1) is 10.2. The van der Waals surface area contributed by atoms with Gasteiger partial charge in [0.25, 0.3) is 0 Å². The van der Waals surface area contributed by atoms with E-state index in [1.54, 1.807) is 0 Å². The molecule has 2 aromatic rings. The molecule has 0 unspecified atom stereocenters. The zero-order chi connectivity index (χ0) is 14.0. The zero-order valence-corrected chi connectivity index (χ0v) is 14.3. The number of benzene rings is 1. The van der Waals surface area contributed by atoms with E-state index in [-0.39, 0.29) is 0 Å². The molecule has 1 aromatic heterocycles. The highest BCUT2D eigenvalue weighted by molar-refractivity contribution is 9.10. The first-order valence-corrected chi connectivity index (χ1v) is 9.63. The number of aromatic nitrogens is 1. The maximum absolute atomic E-state index is 4.82. The summed E-state index contributed by atoms with van der Waals surface area (Å²) in [5.74, 6) is 2.94. The van der Waals surface area contributed by atoms with Crippen LogP contribution >= 0.6 is 27.3 Å². The van der Waals surface area contributed by atoms with Crippen molar-refractivity contribution >= 4 is 42.6 Å². The van der Waals surface area contributed by atoms with Gasteiger partial charge in [0, 0.05) is 10.0 Å². The van der Waals surface area contributed by atoms with Gasteiger partial charge in [-0.15, -0.1) is 0 Å². The molecule has 4 saturated carbocycles. The Morgan fingerprint density at radius 2 is 1.76 bits per heavy atom. The molecular formula is C17H19BrN2S. The summed E-state index contributed by atoms with van der Waals surface area (Å²) in [7, 11) is 0. The molecule has 0 amide bonds. The first kappa shape index (κ1) is 12.9. The second-order valence-electron chi connectivity index (χ2n) is 7.45. The van der Waals surface area contributed by atoms with Crippen LogP contribution in [-0.2, 0) is 0 Å². The summed E-state index contributed by atoms with van der Waals surface area (Å²) >= 11 is 5.36. The van der Waals surface area contributed by atoms with Gasteiger partial charge in [-0.05, 0) is 74.5 Å². The molecule has 1 aromatic carbocycles. The predicted octanol–water partition coefficient (Wildman–Crippen LogP) is 5.44. The van der Waals surface area contributed by atoms with Gasteiger partial charge in [0.2, 0.25) is 0 Å². The molecule has 110 valence electrons. The average Bonchev–Trinajstić information content (AvgIpc) is 2.77. The normalized spacial score (nSPS) is 37.3. The van der Waals surface area contributed by atoms with Gasteiger partial charge >= 0.3 is 0 Å². The van der Waals surface area contributed by atoms with E-state index < -0.39 is 0 Å². The van der Waals surface area contributed by atoms with E-state index in [1.165, 1.54) is 43.2 Å². The summed E-state index contributed by atoms with van der Waals surface area (Å²) in [4.78, 5) is 4.82. The number of fused-ring (bicyclic) bond motifs is 1. The minimum atomic E-state index is 0.361. The van der Waals surface area contributed by atoms with Crippen molar-refractivity contribution in [1.29, 1.82) is 0 Å². The fourth-order valence-electron chi connectivity index (χ4n) is 5.44. The monoisotopic (exact) mass is 362 g/mol. The van der Waals surface area contributed by atoms with Crippen molar-refractivity contribution in [2.75, 3.05) is 5.32 Å². The smallest absolute Gasteiger partial charge is 0.184 e. The number of halogens is 1. The van der Waals surface area contributed by atoms with Gasteiger partial charge in [-0.3, -0.25) is 0 Å². The molecule has 0 atom stereocenters. The largest absolute Gasteiger partial charge is 0.356 e. The molecule has 4 aliphatic rings. The number of hydrogen-bond donors (Lipinski definition) is 1. The number of rotatable bonds is 2. The maximum atomic E-state index is 4.82. The summed E-state index contributed by atoms with van der Waals surface area (Å²) in [6.45, 7) is 0. The third kappa shape index (κ3) is 2.14. The SMILES string of the molecule is Brc1ccc2nc(NC34CC5CC(CC(C5)C3)C4)sc2c1. The molecule has 4 fully saturated rings. The summed E-state index contributed by atoms with van der Waals surface area (Å²) in [5, 5.41) is 5.02. The lowest BCUT2D eigenvalue weighted by molar-refractivity contribution is 0.0107. The lowest BCUT2D eigenvalue weighted by Gasteiger charge is -2.56. The number of hydrogen-bond acceptors (Lipinski definition) is 3. The van der Waals surface area contributed by atoms with Crippen LogP contribution in [0.3, 0.4) is 0 Å². The van der Waals surface area contributed by atoms with Crippen LogP contribution in [-0.4, -0.2) is 10.5 Å². The Labute approximate surface area is 137 Å². The van der Waals surface area contributed by atoms with Gasteiger partial charge in [-0.2, -0.15) is 0 Å². The lowest BCUT2D eigenvalue weighted by Crippen LogP contribution is -2.54. The highest BCUT2D eigenvalue weighted by Gasteiger charge is 2.51. The van der Waals surface area contributed by atoms with Crippen LogP contribution in [0.1, 0.15) is 38.5 Å². The molecule has 0 radical (unpaired) electrons. The third-order valence-corrected chi connectivity index (χ3v) is 7.19. The molecule has 4 aliphatic carbocycles. The van der Waals surface area contributed by atoms with Gasteiger partial charge in [-0.1, -0.05) is 27.3 Å². The fraction of sp³-hybridized carbons (Fsp3) is 0.588. The van der Waals surface area contributed by atoms with Crippen LogP contribution in [0.15, 0.2) is 22.7 Å². The summed E-state index contributed by atoms with van der Waals surface area (Å²) < 4.78 is 2.41. The van der Waals surface area contributed by atoms with Crippen LogP contribution in [0, 0.1) is 17.8 Å². The quantitative estimate of drug-likeness (QED) is 0.769. The molecule has 0 aliphatic heterocycles. The second kappa shape index (κ2) is 4.45. The van der Waals surface area contributed by atoms with Crippen molar-refractivity contribution in [1.82, 2.24) is 4.98 Å². The summed E-state index contributed by atoms with van der Waals surface area (Å²) in [6.07, 6.45) is 8.60. The van der Waals surface area contributed by atoms with Gasteiger partial charge < -0.3 is 5.32 Å². The van der Waals surface area contributed by atoms with E-state index in [2.05, 4.69) is 39.4 Å². The van der Waals surface area contributed by atoms with Gasteiger partial charge in [0.05, 0.1) is 10.2 Å².